The third-order valence-electron chi connectivity index (χ3n) is 5.08. The molecule has 1 fully saturated rings. The molecule has 1 saturated heterocycles. The Hall–Kier alpha value is -2.34. The predicted molar refractivity (Wildman–Crippen MR) is 107 cm³/mol. The van der Waals surface area contributed by atoms with Crippen LogP contribution in [0, 0.1) is 5.92 Å². The molecular formula is C20H30N6. The third-order valence-corrected chi connectivity index (χ3v) is 5.08. The van der Waals surface area contributed by atoms with Crippen LogP contribution < -0.4 is 10.6 Å². The predicted octanol–water partition coefficient (Wildman–Crippen LogP) is 2.27. The van der Waals surface area contributed by atoms with Crippen LogP contribution in [-0.4, -0.2) is 52.9 Å². The van der Waals surface area contributed by atoms with Gasteiger partial charge in [-0.25, -0.2) is 4.68 Å². The smallest absolute Gasteiger partial charge is 0.191 e. The molecule has 2 N–H and O–H groups in total. The Morgan fingerprint density at radius 1 is 1.27 bits per heavy atom. The Morgan fingerprint density at radius 3 is 2.62 bits per heavy atom. The first-order valence-corrected chi connectivity index (χ1v) is 9.37. The highest BCUT2D eigenvalue weighted by molar-refractivity contribution is 5.80. The van der Waals surface area contributed by atoms with Crippen molar-refractivity contribution in [1.29, 1.82) is 0 Å². The van der Waals surface area contributed by atoms with E-state index in [4.69, 9.17) is 0 Å². The fourth-order valence-corrected chi connectivity index (χ4v) is 3.36. The van der Waals surface area contributed by atoms with Crippen molar-refractivity contribution in [3.05, 3.63) is 48.3 Å². The minimum Gasteiger partial charge on any atom is -0.352 e. The molecule has 0 radical (unpaired) electrons. The zero-order valence-electron chi connectivity index (χ0n) is 16.2. The molecule has 0 saturated carbocycles. The Kier molecular flexibility index (Phi) is 5.93. The van der Waals surface area contributed by atoms with Crippen molar-refractivity contribution in [2.45, 2.75) is 39.4 Å². The van der Waals surface area contributed by atoms with Gasteiger partial charge in [-0.15, -0.1) is 0 Å². The van der Waals surface area contributed by atoms with Gasteiger partial charge >= 0.3 is 0 Å². The van der Waals surface area contributed by atoms with Crippen molar-refractivity contribution < 1.29 is 0 Å². The average molecular weight is 355 g/mol. The summed E-state index contributed by atoms with van der Waals surface area (Å²) in [5.74, 6) is 1.48. The van der Waals surface area contributed by atoms with Gasteiger partial charge in [-0.1, -0.05) is 19.1 Å². The van der Waals surface area contributed by atoms with Crippen molar-refractivity contribution in [2.75, 3.05) is 20.1 Å². The summed E-state index contributed by atoms with van der Waals surface area (Å²) in [5, 5.41) is 11.3. The molecule has 2 atom stereocenters. The fraction of sp³-hybridized carbons (Fsp3) is 0.500. The summed E-state index contributed by atoms with van der Waals surface area (Å²) in [6.45, 7) is 9.78. The van der Waals surface area contributed by atoms with E-state index in [0.29, 0.717) is 18.0 Å². The Balaban J connectivity index is 1.53. The number of hydrogen-bond acceptors (Lipinski definition) is 3. The quantitative estimate of drug-likeness (QED) is 0.639. The van der Waals surface area contributed by atoms with Crippen LogP contribution in [0.5, 0.6) is 0 Å². The molecule has 1 aromatic heterocycles. The maximum Gasteiger partial charge on any atom is 0.191 e. The SMILES string of the molecule is CN=C(NCc1ccc(-n2cccn2)cc1)NC1CN(C(C)C)CC1C. The Bertz CT molecular complexity index is 704. The monoisotopic (exact) mass is 354 g/mol. The molecule has 0 bridgehead atoms. The molecule has 6 heteroatoms. The van der Waals surface area contributed by atoms with Crippen LogP contribution in [0.25, 0.3) is 5.69 Å². The summed E-state index contributed by atoms with van der Waals surface area (Å²) >= 11 is 0. The van der Waals surface area contributed by atoms with Crippen LogP contribution in [0.15, 0.2) is 47.7 Å². The minimum atomic E-state index is 0.436. The number of hydrogen-bond donors (Lipinski definition) is 2. The van der Waals surface area contributed by atoms with Gasteiger partial charge in [0, 0.05) is 51.2 Å². The molecule has 26 heavy (non-hydrogen) atoms. The largest absolute Gasteiger partial charge is 0.352 e. The second-order valence-corrected chi connectivity index (χ2v) is 7.32. The van der Waals surface area contributed by atoms with Gasteiger partial charge in [0.2, 0.25) is 0 Å². The number of likely N-dealkylation sites (tertiary alicyclic amines) is 1. The first kappa shape index (κ1) is 18.5. The summed E-state index contributed by atoms with van der Waals surface area (Å²) in [4.78, 5) is 6.91. The van der Waals surface area contributed by atoms with Crippen LogP contribution >= 0.6 is 0 Å². The number of benzene rings is 1. The summed E-state index contributed by atoms with van der Waals surface area (Å²) in [6, 6.07) is 11.4. The van der Waals surface area contributed by atoms with Gasteiger partial charge in [-0.05, 0) is 43.5 Å². The van der Waals surface area contributed by atoms with E-state index in [2.05, 4.69) is 70.7 Å². The van der Waals surface area contributed by atoms with Gasteiger partial charge in [0.1, 0.15) is 0 Å². The Labute approximate surface area is 156 Å². The Morgan fingerprint density at radius 2 is 2.04 bits per heavy atom. The molecule has 1 aliphatic heterocycles. The van der Waals surface area contributed by atoms with E-state index in [0.717, 1.165) is 31.3 Å². The standard InChI is InChI=1S/C20H30N6/c1-15(2)25-13-16(3)19(14-25)24-20(21-4)22-12-17-6-8-18(9-7-17)26-11-5-10-23-26/h5-11,15-16,19H,12-14H2,1-4H3,(H2,21,22,24). The minimum absolute atomic E-state index is 0.436. The molecule has 6 nitrogen and oxygen atoms in total. The molecule has 0 spiro atoms. The van der Waals surface area contributed by atoms with Crippen molar-refractivity contribution in [1.82, 2.24) is 25.3 Å². The topological polar surface area (TPSA) is 57.5 Å². The van der Waals surface area contributed by atoms with Crippen molar-refractivity contribution in [3.8, 4) is 5.69 Å². The highest BCUT2D eigenvalue weighted by Gasteiger charge is 2.31. The number of nitrogens with zero attached hydrogens (tertiary/aromatic N) is 4. The van der Waals surface area contributed by atoms with Crippen molar-refractivity contribution >= 4 is 5.96 Å². The molecule has 1 aliphatic rings. The van der Waals surface area contributed by atoms with Crippen molar-refractivity contribution in [2.24, 2.45) is 10.9 Å². The van der Waals surface area contributed by atoms with Crippen LogP contribution in [0.4, 0.5) is 0 Å². The maximum atomic E-state index is 4.39. The lowest BCUT2D eigenvalue weighted by atomic mass is 10.1. The zero-order valence-corrected chi connectivity index (χ0v) is 16.2. The van der Waals surface area contributed by atoms with Crippen LogP contribution in [0.3, 0.4) is 0 Å². The van der Waals surface area contributed by atoms with E-state index in [1.165, 1.54) is 5.56 Å². The van der Waals surface area contributed by atoms with Gasteiger partial charge in [0.25, 0.3) is 0 Å². The highest BCUT2D eigenvalue weighted by atomic mass is 15.3. The number of aliphatic imine (C=N–C) groups is 1. The normalized spacial score (nSPS) is 21.3. The van der Waals surface area contributed by atoms with Gasteiger partial charge in [-0.2, -0.15) is 5.10 Å². The van der Waals surface area contributed by atoms with Crippen LogP contribution in [0.1, 0.15) is 26.3 Å². The van der Waals surface area contributed by atoms with E-state index < -0.39 is 0 Å². The van der Waals surface area contributed by atoms with Gasteiger partial charge < -0.3 is 10.6 Å². The summed E-state index contributed by atoms with van der Waals surface area (Å²) < 4.78 is 1.86. The molecule has 2 aromatic rings. The molecular weight excluding hydrogens is 324 g/mol. The first-order chi connectivity index (χ1) is 12.6. The number of guanidine groups is 1. The summed E-state index contributed by atoms with van der Waals surface area (Å²) in [6.07, 6.45) is 3.73. The van der Waals surface area contributed by atoms with Crippen LogP contribution in [-0.2, 0) is 6.54 Å². The van der Waals surface area contributed by atoms with Gasteiger partial charge in [0.05, 0.1) is 5.69 Å². The van der Waals surface area contributed by atoms with E-state index in [-0.39, 0.29) is 0 Å². The molecule has 140 valence electrons. The first-order valence-electron chi connectivity index (χ1n) is 9.37. The molecule has 1 aromatic carbocycles. The molecule has 2 unspecified atom stereocenters. The molecule has 0 aliphatic carbocycles. The number of rotatable bonds is 5. The molecule has 3 rings (SSSR count). The molecule has 0 amide bonds. The van der Waals surface area contributed by atoms with E-state index in [1.54, 1.807) is 6.20 Å². The maximum absolute atomic E-state index is 4.39. The summed E-state index contributed by atoms with van der Waals surface area (Å²) in [7, 11) is 1.83. The average Bonchev–Trinajstić information content (AvgIpc) is 3.29. The third kappa shape index (κ3) is 4.43. The molecule has 2 heterocycles. The van der Waals surface area contributed by atoms with E-state index in [1.807, 2.05) is 24.0 Å². The number of nitrogens with one attached hydrogen (secondary N) is 2. The van der Waals surface area contributed by atoms with Crippen LogP contribution in [0.2, 0.25) is 0 Å². The highest BCUT2D eigenvalue weighted by Crippen LogP contribution is 2.18. The summed E-state index contributed by atoms with van der Waals surface area (Å²) in [5.41, 5.74) is 2.28. The van der Waals surface area contributed by atoms with E-state index in [9.17, 15) is 0 Å². The lowest BCUT2D eigenvalue weighted by molar-refractivity contribution is 0.265. The van der Waals surface area contributed by atoms with E-state index >= 15 is 0 Å². The lowest BCUT2D eigenvalue weighted by Gasteiger charge is -2.22. The fourth-order valence-electron chi connectivity index (χ4n) is 3.36. The van der Waals surface area contributed by atoms with Gasteiger partial charge in [0.15, 0.2) is 5.96 Å². The lowest BCUT2D eigenvalue weighted by Crippen LogP contribution is -2.46. The van der Waals surface area contributed by atoms with Crippen molar-refractivity contribution in [3.63, 3.8) is 0 Å². The van der Waals surface area contributed by atoms with Gasteiger partial charge in [-0.3, -0.25) is 9.89 Å². The number of aromatic nitrogens is 2. The second-order valence-electron chi connectivity index (χ2n) is 7.32. The zero-order chi connectivity index (χ0) is 18.5. The second kappa shape index (κ2) is 8.36.